The molecule has 1 amide bonds. The molecule has 3 aromatic rings. The fourth-order valence-electron chi connectivity index (χ4n) is 2.35. The third-order valence-electron chi connectivity index (χ3n) is 3.91. The van der Waals surface area contributed by atoms with E-state index in [0.29, 0.717) is 10.7 Å². The summed E-state index contributed by atoms with van der Waals surface area (Å²) < 4.78 is 0. The summed E-state index contributed by atoms with van der Waals surface area (Å²) in [6.45, 7) is 6.45. The Labute approximate surface area is 151 Å². The zero-order valence-corrected chi connectivity index (χ0v) is 15.5. The Morgan fingerprint density at radius 3 is 2.40 bits per heavy atom. The van der Waals surface area contributed by atoms with E-state index in [1.165, 1.54) is 21.8 Å². The number of pyridine rings is 1. The third-order valence-corrected chi connectivity index (χ3v) is 4.96. The molecule has 0 saturated heterocycles. The number of aromatic nitrogens is 3. The zero-order chi connectivity index (χ0) is 18.0. The molecule has 0 radical (unpaired) electrons. The van der Waals surface area contributed by atoms with E-state index in [0.717, 1.165) is 10.6 Å². The summed E-state index contributed by atoms with van der Waals surface area (Å²) in [7, 11) is 1.72. The summed E-state index contributed by atoms with van der Waals surface area (Å²) in [5.41, 5.74) is 2.78. The minimum Gasteiger partial charge on any atom is -0.286 e. The Balaban J connectivity index is 1.80. The molecule has 128 valence electrons. The van der Waals surface area contributed by atoms with Crippen molar-refractivity contribution in [3.8, 4) is 10.6 Å². The second-order valence-corrected chi connectivity index (χ2v) is 7.78. The molecule has 5 nitrogen and oxygen atoms in total. The van der Waals surface area contributed by atoms with Gasteiger partial charge in [0.25, 0.3) is 5.91 Å². The molecule has 2 heterocycles. The van der Waals surface area contributed by atoms with Crippen LogP contribution in [0.2, 0.25) is 0 Å². The van der Waals surface area contributed by atoms with Gasteiger partial charge in [-0.3, -0.25) is 14.7 Å². The number of nitrogens with zero attached hydrogens (tertiary/aromatic N) is 4. The van der Waals surface area contributed by atoms with E-state index in [2.05, 4.69) is 36.0 Å². The molecular weight excluding hydrogens is 332 g/mol. The van der Waals surface area contributed by atoms with Gasteiger partial charge in [0.2, 0.25) is 5.13 Å². The summed E-state index contributed by atoms with van der Waals surface area (Å²) >= 11 is 1.37. The number of benzene rings is 1. The normalized spacial score (nSPS) is 11.4. The van der Waals surface area contributed by atoms with E-state index >= 15 is 0 Å². The van der Waals surface area contributed by atoms with Crippen LogP contribution >= 0.6 is 11.3 Å². The fourth-order valence-corrected chi connectivity index (χ4v) is 3.14. The quantitative estimate of drug-likeness (QED) is 0.710. The van der Waals surface area contributed by atoms with Gasteiger partial charge in [0.1, 0.15) is 0 Å². The van der Waals surface area contributed by atoms with E-state index in [4.69, 9.17) is 0 Å². The van der Waals surface area contributed by atoms with Gasteiger partial charge in [-0.2, -0.15) is 0 Å². The number of hydrogen-bond donors (Lipinski definition) is 0. The molecule has 0 unspecified atom stereocenters. The first-order chi connectivity index (χ1) is 11.9. The highest BCUT2D eigenvalue weighted by Gasteiger charge is 2.19. The van der Waals surface area contributed by atoms with Crippen molar-refractivity contribution < 1.29 is 4.79 Å². The van der Waals surface area contributed by atoms with Crippen molar-refractivity contribution in [3.05, 3.63) is 59.9 Å². The molecule has 25 heavy (non-hydrogen) atoms. The minimum absolute atomic E-state index is 0.0608. The van der Waals surface area contributed by atoms with Gasteiger partial charge in [-0.25, -0.2) is 0 Å². The Bertz CT molecular complexity index is 866. The van der Waals surface area contributed by atoms with Gasteiger partial charge in [-0.15, -0.1) is 10.2 Å². The van der Waals surface area contributed by atoms with E-state index < -0.39 is 0 Å². The van der Waals surface area contributed by atoms with Crippen molar-refractivity contribution in [2.75, 3.05) is 11.9 Å². The Kier molecular flexibility index (Phi) is 4.63. The molecule has 0 fully saturated rings. The van der Waals surface area contributed by atoms with Gasteiger partial charge in [-0.1, -0.05) is 44.2 Å². The van der Waals surface area contributed by atoms with Crippen LogP contribution in [0.3, 0.4) is 0 Å². The van der Waals surface area contributed by atoms with Gasteiger partial charge in [-0.05, 0) is 35.2 Å². The van der Waals surface area contributed by atoms with Crippen LogP contribution in [0.15, 0.2) is 48.8 Å². The van der Waals surface area contributed by atoms with Gasteiger partial charge in [0.05, 0.1) is 0 Å². The summed E-state index contributed by atoms with van der Waals surface area (Å²) in [6.07, 6.45) is 3.44. The first-order valence-electron chi connectivity index (χ1n) is 7.99. The van der Waals surface area contributed by atoms with Gasteiger partial charge in [0, 0.05) is 30.6 Å². The lowest BCUT2D eigenvalue weighted by Gasteiger charge is -2.19. The summed E-state index contributed by atoms with van der Waals surface area (Å²) in [6, 6.07) is 11.5. The Morgan fingerprint density at radius 2 is 1.80 bits per heavy atom. The summed E-state index contributed by atoms with van der Waals surface area (Å²) in [4.78, 5) is 18.3. The lowest BCUT2D eigenvalue weighted by Crippen LogP contribution is -2.26. The molecule has 0 saturated carbocycles. The molecule has 3 rings (SSSR count). The topological polar surface area (TPSA) is 59.0 Å². The first-order valence-corrected chi connectivity index (χ1v) is 8.80. The molecule has 0 aliphatic carbocycles. The molecule has 0 bridgehead atoms. The number of rotatable bonds is 3. The first kappa shape index (κ1) is 17.2. The summed E-state index contributed by atoms with van der Waals surface area (Å²) in [5.74, 6) is -0.102. The molecule has 0 spiro atoms. The second kappa shape index (κ2) is 6.72. The van der Waals surface area contributed by atoms with Crippen molar-refractivity contribution in [2.24, 2.45) is 0 Å². The van der Waals surface area contributed by atoms with E-state index in [1.807, 2.05) is 36.4 Å². The van der Waals surface area contributed by atoms with Crippen LogP contribution in [0.25, 0.3) is 10.6 Å². The second-order valence-electron chi connectivity index (χ2n) is 6.82. The average molecular weight is 352 g/mol. The predicted molar refractivity (Wildman–Crippen MR) is 101 cm³/mol. The van der Waals surface area contributed by atoms with Crippen molar-refractivity contribution >= 4 is 22.4 Å². The monoisotopic (exact) mass is 352 g/mol. The van der Waals surface area contributed by atoms with Crippen molar-refractivity contribution in [1.29, 1.82) is 0 Å². The van der Waals surface area contributed by atoms with Crippen LogP contribution in [-0.4, -0.2) is 28.1 Å². The van der Waals surface area contributed by atoms with Crippen molar-refractivity contribution in [3.63, 3.8) is 0 Å². The lowest BCUT2D eigenvalue weighted by atomic mass is 9.86. The predicted octanol–water partition coefficient (Wildman–Crippen LogP) is 4.17. The number of anilines is 1. The van der Waals surface area contributed by atoms with Crippen molar-refractivity contribution in [2.45, 2.75) is 26.2 Å². The SMILES string of the molecule is CN(C(=O)c1ccc(C(C)(C)C)cc1)c1nnc(-c2cccnc2)s1. The van der Waals surface area contributed by atoms with Crippen LogP contribution in [0.4, 0.5) is 5.13 Å². The molecular formula is C19H20N4OS. The van der Waals surface area contributed by atoms with E-state index in [-0.39, 0.29) is 11.3 Å². The zero-order valence-electron chi connectivity index (χ0n) is 14.7. The molecule has 0 atom stereocenters. The molecule has 6 heteroatoms. The highest BCUT2D eigenvalue weighted by molar-refractivity contribution is 7.18. The van der Waals surface area contributed by atoms with Crippen LogP contribution in [0, 0.1) is 0 Å². The number of carbonyl (C=O) groups is 1. The van der Waals surface area contributed by atoms with Crippen LogP contribution in [0.1, 0.15) is 36.7 Å². The smallest absolute Gasteiger partial charge is 0.259 e. The van der Waals surface area contributed by atoms with Gasteiger partial charge < -0.3 is 0 Å². The van der Waals surface area contributed by atoms with Crippen molar-refractivity contribution in [1.82, 2.24) is 15.2 Å². The highest BCUT2D eigenvalue weighted by Crippen LogP contribution is 2.28. The Hall–Kier alpha value is -2.60. The summed E-state index contributed by atoms with van der Waals surface area (Å²) in [5, 5.41) is 9.61. The lowest BCUT2D eigenvalue weighted by molar-refractivity contribution is 0.0993. The number of carbonyl (C=O) groups excluding carboxylic acids is 1. The number of hydrogen-bond acceptors (Lipinski definition) is 5. The third kappa shape index (κ3) is 3.74. The fraction of sp³-hybridized carbons (Fsp3) is 0.263. The molecule has 0 aliphatic heterocycles. The number of amides is 1. The molecule has 0 aliphatic rings. The van der Waals surface area contributed by atoms with Crippen LogP contribution < -0.4 is 4.90 Å². The highest BCUT2D eigenvalue weighted by atomic mass is 32.1. The van der Waals surface area contributed by atoms with E-state index in [1.54, 1.807) is 19.4 Å². The van der Waals surface area contributed by atoms with Crippen LogP contribution in [-0.2, 0) is 5.41 Å². The maximum absolute atomic E-state index is 12.7. The minimum atomic E-state index is -0.102. The molecule has 2 aromatic heterocycles. The molecule has 0 N–H and O–H groups in total. The standard InChI is InChI=1S/C19H20N4OS/c1-19(2,3)15-9-7-13(8-10-15)17(24)23(4)18-22-21-16(25-18)14-6-5-11-20-12-14/h5-12H,1-4H3. The maximum atomic E-state index is 12.7. The van der Waals surface area contributed by atoms with Crippen LogP contribution in [0.5, 0.6) is 0 Å². The maximum Gasteiger partial charge on any atom is 0.259 e. The van der Waals surface area contributed by atoms with Gasteiger partial charge in [0.15, 0.2) is 5.01 Å². The van der Waals surface area contributed by atoms with E-state index in [9.17, 15) is 4.79 Å². The largest absolute Gasteiger partial charge is 0.286 e. The van der Waals surface area contributed by atoms with Gasteiger partial charge >= 0.3 is 0 Å². The average Bonchev–Trinajstić information content (AvgIpc) is 3.11. The molecule has 1 aromatic carbocycles. The Morgan fingerprint density at radius 1 is 1.08 bits per heavy atom.